The minimum atomic E-state index is 0.183. The molecule has 0 saturated carbocycles. The first-order chi connectivity index (χ1) is 15.7. The molecule has 1 saturated heterocycles. The topological polar surface area (TPSA) is 47.4 Å². The molecule has 6 heteroatoms. The van der Waals surface area contributed by atoms with E-state index in [4.69, 9.17) is 9.72 Å². The first-order valence-electron chi connectivity index (χ1n) is 12.1. The zero-order chi connectivity index (χ0) is 21.9. The molecule has 1 aliphatic heterocycles. The van der Waals surface area contributed by atoms with Gasteiger partial charge in [-0.15, -0.1) is 11.3 Å². The summed E-state index contributed by atoms with van der Waals surface area (Å²) in [5, 5.41) is 0.908. The second-order valence-corrected chi connectivity index (χ2v) is 10.3. The van der Waals surface area contributed by atoms with Crippen molar-refractivity contribution < 1.29 is 4.74 Å². The average molecular weight is 452 g/mol. The fourth-order valence-electron chi connectivity index (χ4n) is 4.97. The Labute approximate surface area is 194 Å². The molecule has 0 spiro atoms. The summed E-state index contributed by atoms with van der Waals surface area (Å²) in [6.45, 7) is 6.47. The number of ether oxygens (including phenoxy) is 1. The molecule has 5 nitrogen and oxygen atoms in total. The van der Waals surface area contributed by atoms with E-state index >= 15 is 0 Å². The van der Waals surface area contributed by atoms with Crippen molar-refractivity contribution in [3.8, 4) is 5.75 Å². The van der Waals surface area contributed by atoms with Gasteiger partial charge in [0.15, 0.2) is 0 Å². The Balaban J connectivity index is 1.33. The van der Waals surface area contributed by atoms with E-state index in [0.29, 0.717) is 13.2 Å². The molecule has 1 aromatic carbocycles. The Bertz CT molecular complexity index is 1130. The first kappa shape index (κ1) is 21.7. The molecule has 3 aromatic rings. The summed E-state index contributed by atoms with van der Waals surface area (Å²) < 4.78 is 7.87. The van der Waals surface area contributed by atoms with E-state index in [1.807, 2.05) is 16.7 Å². The number of hydrogen-bond donors (Lipinski definition) is 0. The van der Waals surface area contributed by atoms with E-state index < -0.39 is 0 Å². The quantitative estimate of drug-likeness (QED) is 0.447. The number of fused-ring (bicyclic) bond motifs is 3. The van der Waals surface area contributed by atoms with Crippen molar-refractivity contribution in [3.63, 3.8) is 0 Å². The van der Waals surface area contributed by atoms with Gasteiger partial charge < -0.3 is 4.74 Å². The predicted molar refractivity (Wildman–Crippen MR) is 131 cm³/mol. The van der Waals surface area contributed by atoms with Crippen molar-refractivity contribution in [1.29, 1.82) is 0 Å². The molecule has 170 valence electrons. The molecule has 1 aliphatic carbocycles. The number of likely N-dealkylation sites (tertiary alicyclic amines) is 1. The van der Waals surface area contributed by atoms with Gasteiger partial charge in [-0.05, 0) is 89.1 Å². The highest BCUT2D eigenvalue weighted by atomic mass is 32.1. The van der Waals surface area contributed by atoms with Gasteiger partial charge in [-0.3, -0.25) is 14.3 Å². The molecule has 0 unspecified atom stereocenters. The van der Waals surface area contributed by atoms with Gasteiger partial charge in [0.1, 0.15) is 16.4 Å². The van der Waals surface area contributed by atoms with Crippen molar-refractivity contribution in [2.75, 3.05) is 19.7 Å². The zero-order valence-electron chi connectivity index (χ0n) is 19.1. The summed E-state index contributed by atoms with van der Waals surface area (Å²) in [7, 11) is 0. The van der Waals surface area contributed by atoms with Gasteiger partial charge in [0.25, 0.3) is 5.56 Å². The van der Waals surface area contributed by atoms with Crippen LogP contribution in [-0.4, -0.2) is 34.1 Å². The average Bonchev–Trinajstić information content (AvgIpc) is 3.44. The molecule has 32 heavy (non-hydrogen) atoms. The largest absolute Gasteiger partial charge is 0.494 e. The number of aromatic nitrogens is 2. The fourth-order valence-corrected chi connectivity index (χ4v) is 6.24. The number of rotatable bonds is 8. The minimum absolute atomic E-state index is 0.183. The van der Waals surface area contributed by atoms with E-state index in [9.17, 15) is 4.79 Å². The lowest BCUT2D eigenvalue weighted by molar-refractivity contribution is 0.296. The lowest BCUT2D eigenvalue weighted by Crippen LogP contribution is -2.30. The molecule has 5 rings (SSSR count). The van der Waals surface area contributed by atoms with Crippen LogP contribution in [0.4, 0.5) is 0 Å². The second kappa shape index (κ2) is 9.75. The summed E-state index contributed by atoms with van der Waals surface area (Å²) in [4.78, 5) is 23.5. The van der Waals surface area contributed by atoms with Crippen LogP contribution in [0.1, 0.15) is 60.4 Å². The lowest BCUT2D eigenvalue weighted by atomic mass is 9.97. The predicted octanol–water partition coefficient (Wildman–Crippen LogP) is 5.10. The summed E-state index contributed by atoms with van der Waals surface area (Å²) >= 11 is 1.76. The molecule has 0 atom stereocenters. The van der Waals surface area contributed by atoms with Crippen LogP contribution in [0.2, 0.25) is 0 Å². The number of nitrogens with zero attached hydrogens (tertiary/aromatic N) is 3. The maximum absolute atomic E-state index is 13.7. The molecule has 2 aromatic heterocycles. The van der Waals surface area contributed by atoms with Crippen LogP contribution >= 0.6 is 11.3 Å². The van der Waals surface area contributed by atoms with E-state index in [1.165, 1.54) is 41.7 Å². The minimum Gasteiger partial charge on any atom is -0.494 e. The highest BCUT2D eigenvalue weighted by molar-refractivity contribution is 7.18. The Morgan fingerprint density at radius 2 is 1.81 bits per heavy atom. The number of benzene rings is 1. The number of unbranched alkanes of at least 4 members (excludes halogenated alkanes) is 1. The Morgan fingerprint density at radius 3 is 2.62 bits per heavy atom. The second-order valence-electron chi connectivity index (χ2n) is 9.23. The van der Waals surface area contributed by atoms with Gasteiger partial charge in [-0.1, -0.05) is 17.7 Å². The molecule has 1 fully saturated rings. The standard InChI is InChI=1S/C26H33N3O2S/c1-19-10-12-20(13-11-19)31-17-7-6-16-29-23(18-28-14-4-5-15-28)27-25-24(26(29)30)21-8-2-3-9-22(21)32-25/h10-13H,2-9,14-18H2,1H3. The van der Waals surface area contributed by atoms with E-state index in [2.05, 4.69) is 24.0 Å². The van der Waals surface area contributed by atoms with Crippen molar-refractivity contribution in [2.45, 2.75) is 71.4 Å². The molecule has 0 amide bonds. The number of aryl methyl sites for hydroxylation is 3. The first-order valence-corrected chi connectivity index (χ1v) is 13.0. The summed E-state index contributed by atoms with van der Waals surface area (Å²) in [5.41, 5.74) is 2.71. The molecular weight excluding hydrogens is 418 g/mol. The van der Waals surface area contributed by atoms with Crippen molar-refractivity contribution in [3.05, 3.63) is 56.4 Å². The third-order valence-corrected chi connectivity index (χ3v) is 7.97. The monoisotopic (exact) mass is 451 g/mol. The van der Waals surface area contributed by atoms with Crippen LogP contribution in [-0.2, 0) is 25.9 Å². The van der Waals surface area contributed by atoms with E-state index in [1.54, 1.807) is 11.3 Å². The van der Waals surface area contributed by atoms with Crippen LogP contribution in [0.5, 0.6) is 5.75 Å². The van der Waals surface area contributed by atoms with E-state index in [-0.39, 0.29) is 5.56 Å². The van der Waals surface area contributed by atoms with Gasteiger partial charge in [0.05, 0.1) is 18.5 Å². The van der Waals surface area contributed by atoms with Crippen LogP contribution in [0, 0.1) is 6.92 Å². The summed E-state index contributed by atoms with van der Waals surface area (Å²) in [6, 6.07) is 8.18. The highest BCUT2D eigenvalue weighted by Crippen LogP contribution is 2.34. The van der Waals surface area contributed by atoms with E-state index in [0.717, 1.165) is 67.1 Å². The summed E-state index contributed by atoms with van der Waals surface area (Å²) in [5.74, 6) is 1.86. The molecule has 0 N–H and O–H groups in total. The maximum atomic E-state index is 13.7. The summed E-state index contributed by atoms with van der Waals surface area (Å²) in [6.07, 6.45) is 8.88. The maximum Gasteiger partial charge on any atom is 0.262 e. The third-order valence-electron chi connectivity index (χ3n) is 6.78. The van der Waals surface area contributed by atoms with Crippen molar-refractivity contribution in [2.24, 2.45) is 0 Å². The van der Waals surface area contributed by atoms with Crippen molar-refractivity contribution >= 4 is 21.6 Å². The van der Waals surface area contributed by atoms with Crippen LogP contribution in [0.3, 0.4) is 0 Å². The molecule has 0 bridgehead atoms. The fraction of sp³-hybridized carbons (Fsp3) is 0.538. The Kier molecular flexibility index (Phi) is 6.60. The van der Waals surface area contributed by atoms with Gasteiger partial charge in [-0.25, -0.2) is 4.98 Å². The molecule has 2 aliphatic rings. The number of thiophene rings is 1. The normalized spacial score (nSPS) is 16.5. The van der Waals surface area contributed by atoms with Crippen LogP contribution < -0.4 is 10.3 Å². The molecule has 0 radical (unpaired) electrons. The lowest BCUT2D eigenvalue weighted by Gasteiger charge is -2.18. The Hall–Kier alpha value is -2.18. The number of hydrogen-bond acceptors (Lipinski definition) is 5. The van der Waals surface area contributed by atoms with Crippen molar-refractivity contribution in [1.82, 2.24) is 14.5 Å². The van der Waals surface area contributed by atoms with Gasteiger partial charge in [-0.2, -0.15) is 0 Å². The SMILES string of the molecule is Cc1ccc(OCCCCn2c(CN3CCCC3)nc3sc4c(c3c2=O)CCCC4)cc1. The van der Waals surface area contributed by atoms with Gasteiger partial charge in [0.2, 0.25) is 0 Å². The van der Waals surface area contributed by atoms with Crippen LogP contribution in [0.15, 0.2) is 29.1 Å². The third kappa shape index (κ3) is 4.62. The van der Waals surface area contributed by atoms with Gasteiger partial charge in [0, 0.05) is 11.4 Å². The van der Waals surface area contributed by atoms with Crippen LogP contribution in [0.25, 0.3) is 10.2 Å². The highest BCUT2D eigenvalue weighted by Gasteiger charge is 2.23. The zero-order valence-corrected chi connectivity index (χ0v) is 19.9. The molecular formula is C26H33N3O2S. The van der Waals surface area contributed by atoms with Gasteiger partial charge >= 0.3 is 0 Å². The smallest absolute Gasteiger partial charge is 0.262 e. The Morgan fingerprint density at radius 1 is 1.03 bits per heavy atom. The molecule has 3 heterocycles.